The average molecular weight is 324 g/mol. The zero-order valence-corrected chi connectivity index (χ0v) is 12.2. The van der Waals surface area contributed by atoms with E-state index in [0.717, 1.165) is 0 Å². The molecular formula is C12H24N2O8. The molecule has 0 aromatic heterocycles. The molecule has 0 aromatic carbocycles. The standard InChI is InChI=1S/C12H24N2O8/c1-19-12-10(9(18)8(17)5(2-15)21-12)22-11-6(14)7(16)4(13)3-20-11/h4-12,15-18H,2-3,13-14H2,1H3/t4-,5-,6-,7+,8-,9+,10+,11+,12+/m1/s1. The number of ether oxygens (including phenoxy) is 4. The lowest BCUT2D eigenvalue weighted by Crippen LogP contribution is -2.65. The summed E-state index contributed by atoms with van der Waals surface area (Å²) in [5, 5.41) is 39.0. The minimum absolute atomic E-state index is 0.0304. The number of hydrogen-bond acceptors (Lipinski definition) is 10. The fourth-order valence-electron chi connectivity index (χ4n) is 2.54. The highest BCUT2D eigenvalue weighted by Crippen LogP contribution is 2.27. The zero-order valence-electron chi connectivity index (χ0n) is 12.2. The molecule has 2 fully saturated rings. The first-order valence-electron chi connectivity index (χ1n) is 7.02. The van der Waals surface area contributed by atoms with Crippen LogP contribution in [0.4, 0.5) is 0 Å². The molecule has 0 saturated carbocycles. The summed E-state index contributed by atoms with van der Waals surface area (Å²) in [4.78, 5) is 0. The molecule has 0 radical (unpaired) electrons. The van der Waals surface area contributed by atoms with Crippen molar-refractivity contribution < 1.29 is 39.4 Å². The van der Waals surface area contributed by atoms with E-state index in [-0.39, 0.29) is 6.61 Å². The maximum Gasteiger partial charge on any atom is 0.186 e. The maximum atomic E-state index is 10.1. The summed E-state index contributed by atoms with van der Waals surface area (Å²) in [6, 6.07) is -1.56. The number of aliphatic hydroxyl groups is 4. The van der Waals surface area contributed by atoms with Gasteiger partial charge in [0.25, 0.3) is 0 Å². The molecule has 2 heterocycles. The smallest absolute Gasteiger partial charge is 0.186 e. The highest BCUT2D eigenvalue weighted by Gasteiger charge is 2.48. The van der Waals surface area contributed by atoms with Crippen LogP contribution in [-0.2, 0) is 18.9 Å². The molecule has 2 aliphatic rings. The van der Waals surface area contributed by atoms with E-state index >= 15 is 0 Å². The number of hydrogen-bond donors (Lipinski definition) is 6. The lowest BCUT2D eigenvalue weighted by Gasteiger charge is -2.44. The molecule has 2 aliphatic heterocycles. The maximum absolute atomic E-state index is 10.1. The molecule has 9 atom stereocenters. The minimum atomic E-state index is -1.39. The van der Waals surface area contributed by atoms with E-state index in [9.17, 15) is 15.3 Å². The summed E-state index contributed by atoms with van der Waals surface area (Å²) < 4.78 is 21.2. The van der Waals surface area contributed by atoms with Gasteiger partial charge in [0.1, 0.15) is 24.4 Å². The van der Waals surface area contributed by atoms with Gasteiger partial charge in [-0.05, 0) is 0 Å². The van der Waals surface area contributed by atoms with Crippen LogP contribution in [0, 0.1) is 0 Å². The Labute approximate surface area is 127 Å². The van der Waals surface area contributed by atoms with Gasteiger partial charge >= 0.3 is 0 Å². The van der Waals surface area contributed by atoms with Gasteiger partial charge in [-0.1, -0.05) is 0 Å². The molecule has 0 spiro atoms. The number of rotatable bonds is 4. The second-order valence-corrected chi connectivity index (χ2v) is 5.48. The van der Waals surface area contributed by atoms with Crippen molar-refractivity contribution >= 4 is 0 Å². The molecule has 0 unspecified atom stereocenters. The lowest BCUT2D eigenvalue weighted by atomic mass is 9.98. The van der Waals surface area contributed by atoms with Gasteiger partial charge in [0.05, 0.1) is 31.4 Å². The SMILES string of the molecule is CO[C@H]1O[C@H](CO)[C@@H](O)[C@H](O)[C@@H]1O[C@@H]1OC[C@@H](N)[C@H](O)[C@H]1N. The molecule has 10 heteroatoms. The first-order valence-corrected chi connectivity index (χ1v) is 7.02. The van der Waals surface area contributed by atoms with Gasteiger partial charge in [0.2, 0.25) is 0 Å². The van der Waals surface area contributed by atoms with Crippen LogP contribution < -0.4 is 11.5 Å². The largest absolute Gasteiger partial charge is 0.394 e. The Balaban J connectivity index is 2.06. The van der Waals surface area contributed by atoms with Crippen LogP contribution in [0.1, 0.15) is 0 Å². The van der Waals surface area contributed by atoms with Crippen LogP contribution in [0.25, 0.3) is 0 Å². The van der Waals surface area contributed by atoms with Crippen molar-refractivity contribution in [2.45, 2.75) is 55.2 Å². The highest BCUT2D eigenvalue weighted by atomic mass is 16.7. The normalized spacial score (nSPS) is 50.0. The summed E-state index contributed by atoms with van der Waals surface area (Å²) >= 11 is 0. The van der Waals surface area contributed by atoms with Crippen molar-refractivity contribution in [1.29, 1.82) is 0 Å². The van der Waals surface area contributed by atoms with Crippen LogP contribution in [0.3, 0.4) is 0 Å². The van der Waals surface area contributed by atoms with Gasteiger partial charge in [0.15, 0.2) is 12.6 Å². The Morgan fingerprint density at radius 1 is 1.09 bits per heavy atom. The second-order valence-electron chi connectivity index (χ2n) is 5.48. The first kappa shape index (κ1) is 17.9. The van der Waals surface area contributed by atoms with Gasteiger partial charge < -0.3 is 50.8 Å². The molecule has 130 valence electrons. The Bertz CT molecular complexity index is 360. The van der Waals surface area contributed by atoms with Crippen LogP contribution in [0.5, 0.6) is 0 Å². The number of nitrogens with two attached hydrogens (primary N) is 2. The predicted molar refractivity (Wildman–Crippen MR) is 71.3 cm³/mol. The Kier molecular flexibility index (Phi) is 6.07. The van der Waals surface area contributed by atoms with E-state index in [1.807, 2.05) is 0 Å². The number of methoxy groups -OCH3 is 1. The minimum Gasteiger partial charge on any atom is -0.394 e. The third kappa shape index (κ3) is 3.41. The molecular weight excluding hydrogens is 300 g/mol. The van der Waals surface area contributed by atoms with E-state index in [2.05, 4.69) is 0 Å². The van der Waals surface area contributed by atoms with Crippen LogP contribution in [-0.4, -0.2) is 95.9 Å². The lowest BCUT2D eigenvalue weighted by molar-refractivity contribution is -0.337. The van der Waals surface area contributed by atoms with Gasteiger partial charge in [-0.25, -0.2) is 0 Å². The molecule has 0 aromatic rings. The monoisotopic (exact) mass is 324 g/mol. The van der Waals surface area contributed by atoms with E-state index in [1.165, 1.54) is 7.11 Å². The number of aliphatic hydroxyl groups excluding tert-OH is 4. The van der Waals surface area contributed by atoms with Crippen molar-refractivity contribution in [2.75, 3.05) is 20.3 Å². The summed E-state index contributed by atoms with van der Waals surface area (Å²) in [5.74, 6) is 0. The molecule has 10 nitrogen and oxygen atoms in total. The van der Waals surface area contributed by atoms with E-state index in [4.69, 9.17) is 35.5 Å². The summed E-state index contributed by atoms with van der Waals surface area (Å²) in [6.45, 7) is -0.458. The summed E-state index contributed by atoms with van der Waals surface area (Å²) in [7, 11) is 1.33. The van der Waals surface area contributed by atoms with Crippen molar-refractivity contribution in [3.63, 3.8) is 0 Å². The highest BCUT2D eigenvalue weighted by molar-refractivity contribution is 4.93. The Morgan fingerprint density at radius 2 is 1.77 bits per heavy atom. The van der Waals surface area contributed by atoms with Gasteiger partial charge in [0, 0.05) is 7.11 Å². The third-order valence-electron chi connectivity index (χ3n) is 3.95. The molecule has 0 amide bonds. The fraction of sp³-hybridized carbons (Fsp3) is 1.00. The topological polar surface area (TPSA) is 170 Å². The van der Waals surface area contributed by atoms with Crippen molar-refractivity contribution in [1.82, 2.24) is 0 Å². The van der Waals surface area contributed by atoms with Crippen molar-refractivity contribution in [3.05, 3.63) is 0 Å². The average Bonchev–Trinajstić information content (AvgIpc) is 2.52. The molecule has 2 rings (SSSR count). The summed E-state index contributed by atoms with van der Waals surface area (Å²) in [6.07, 6.45) is -7.99. The van der Waals surface area contributed by atoms with Gasteiger partial charge in [-0.15, -0.1) is 0 Å². The molecule has 0 aliphatic carbocycles. The van der Waals surface area contributed by atoms with Gasteiger partial charge in [-0.2, -0.15) is 0 Å². The quantitative estimate of drug-likeness (QED) is 0.298. The first-order chi connectivity index (χ1) is 10.4. The molecule has 22 heavy (non-hydrogen) atoms. The fourth-order valence-corrected chi connectivity index (χ4v) is 2.54. The molecule has 8 N–H and O–H groups in total. The van der Waals surface area contributed by atoms with Gasteiger partial charge in [-0.3, -0.25) is 0 Å². The second kappa shape index (κ2) is 7.45. The Morgan fingerprint density at radius 3 is 2.36 bits per heavy atom. The van der Waals surface area contributed by atoms with E-state index in [0.29, 0.717) is 0 Å². The van der Waals surface area contributed by atoms with Crippen molar-refractivity contribution in [3.8, 4) is 0 Å². The van der Waals surface area contributed by atoms with Crippen LogP contribution in [0.15, 0.2) is 0 Å². The van der Waals surface area contributed by atoms with Crippen LogP contribution in [0.2, 0.25) is 0 Å². The molecule has 2 saturated heterocycles. The zero-order chi connectivity index (χ0) is 16.4. The van der Waals surface area contributed by atoms with Crippen molar-refractivity contribution in [2.24, 2.45) is 11.5 Å². The van der Waals surface area contributed by atoms with Crippen LogP contribution >= 0.6 is 0 Å². The molecule has 0 bridgehead atoms. The van der Waals surface area contributed by atoms with E-state index < -0.39 is 61.8 Å². The summed E-state index contributed by atoms with van der Waals surface area (Å²) in [5.41, 5.74) is 11.4. The van der Waals surface area contributed by atoms with E-state index in [1.54, 1.807) is 0 Å². The Hall–Kier alpha value is -0.400. The third-order valence-corrected chi connectivity index (χ3v) is 3.95. The predicted octanol–water partition coefficient (Wildman–Crippen LogP) is -4.17.